The van der Waals surface area contributed by atoms with Crippen LogP contribution in [0.2, 0.25) is 0 Å². The summed E-state index contributed by atoms with van der Waals surface area (Å²) in [6.07, 6.45) is 6.40. The third-order valence-electron chi connectivity index (χ3n) is 2.85. The Labute approximate surface area is 83.5 Å². The maximum absolute atomic E-state index is 9.22. The molecule has 0 rings (SSSR count). The zero-order valence-electron chi connectivity index (χ0n) is 9.77. The summed E-state index contributed by atoms with van der Waals surface area (Å²) < 4.78 is 0. The molecule has 0 aliphatic rings. The molecule has 0 amide bonds. The van der Waals surface area contributed by atoms with Gasteiger partial charge in [0.2, 0.25) is 0 Å². The van der Waals surface area contributed by atoms with Crippen LogP contribution in [0.1, 0.15) is 59.8 Å². The van der Waals surface area contributed by atoms with Crippen molar-refractivity contribution in [2.75, 3.05) is 6.61 Å². The van der Waals surface area contributed by atoms with E-state index < -0.39 is 0 Å². The first-order valence-electron chi connectivity index (χ1n) is 5.63. The van der Waals surface area contributed by atoms with Crippen molar-refractivity contribution in [1.29, 1.82) is 0 Å². The molecule has 0 radical (unpaired) electrons. The third-order valence-corrected chi connectivity index (χ3v) is 2.85. The summed E-state index contributed by atoms with van der Waals surface area (Å²) in [7, 11) is 0. The van der Waals surface area contributed by atoms with Gasteiger partial charge in [0.15, 0.2) is 0 Å². The predicted octanol–water partition coefficient (Wildman–Crippen LogP) is 3.61. The molecule has 80 valence electrons. The average Bonchev–Trinajstić information content (AvgIpc) is 2.02. The first-order chi connectivity index (χ1) is 6.02. The van der Waals surface area contributed by atoms with Gasteiger partial charge in [0.25, 0.3) is 0 Å². The van der Waals surface area contributed by atoms with Gasteiger partial charge in [-0.25, -0.2) is 0 Å². The SMILES string of the molecule is CCCCCCC(CO)C(C)(C)C. The van der Waals surface area contributed by atoms with Gasteiger partial charge in [0.05, 0.1) is 0 Å². The van der Waals surface area contributed by atoms with Gasteiger partial charge in [-0.05, 0) is 17.8 Å². The van der Waals surface area contributed by atoms with Gasteiger partial charge in [0.1, 0.15) is 0 Å². The molecular formula is C12H26O. The Morgan fingerprint density at radius 3 is 2.08 bits per heavy atom. The van der Waals surface area contributed by atoms with Crippen LogP contribution in [0.5, 0.6) is 0 Å². The topological polar surface area (TPSA) is 20.2 Å². The van der Waals surface area contributed by atoms with Gasteiger partial charge in [-0.3, -0.25) is 0 Å². The zero-order chi connectivity index (χ0) is 10.3. The molecule has 0 spiro atoms. The second kappa shape index (κ2) is 6.42. The van der Waals surface area contributed by atoms with E-state index in [1.54, 1.807) is 0 Å². The minimum absolute atomic E-state index is 0.265. The lowest BCUT2D eigenvalue weighted by molar-refractivity contribution is 0.120. The molecule has 0 aliphatic carbocycles. The molecule has 1 unspecified atom stereocenters. The van der Waals surface area contributed by atoms with Gasteiger partial charge in [-0.2, -0.15) is 0 Å². The van der Waals surface area contributed by atoms with E-state index >= 15 is 0 Å². The lowest BCUT2D eigenvalue weighted by atomic mass is 9.78. The van der Waals surface area contributed by atoms with E-state index in [1.165, 1.54) is 32.1 Å². The largest absolute Gasteiger partial charge is 0.396 e. The van der Waals surface area contributed by atoms with E-state index in [4.69, 9.17) is 0 Å². The molecule has 13 heavy (non-hydrogen) atoms. The van der Waals surface area contributed by atoms with Gasteiger partial charge >= 0.3 is 0 Å². The van der Waals surface area contributed by atoms with Crippen LogP contribution in [0, 0.1) is 11.3 Å². The van der Waals surface area contributed by atoms with E-state index in [0.717, 1.165) is 0 Å². The molecule has 0 saturated carbocycles. The summed E-state index contributed by atoms with van der Waals surface area (Å²) in [6, 6.07) is 0. The number of hydrogen-bond donors (Lipinski definition) is 1. The molecule has 1 N–H and O–H groups in total. The molecule has 0 saturated heterocycles. The minimum Gasteiger partial charge on any atom is -0.396 e. The zero-order valence-corrected chi connectivity index (χ0v) is 9.77. The normalized spacial score (nSPS) is 14.5. The fraction of sp³-hybridized carbons (Fsp3) is 1.00. The highest BCUT2D eigenvalue weighted by Crippen LogP contribution is 2.29. The van der Waals surface area contributed by atoms with Crippen molar-refractivity contribution in [2.45, 2.75) is 59.8 Å². The summed E-state index contributed by atoms with van der Waals surface area (Å²) in [5, 5.41) is 9.22. The molecule has 0 aliphatic heterocycles. The Kier molecular flexibility index (Phi) is 6.40. The quantitative estimate of drug-likeness (QED) is 0.628. The molecule has 0 heterocycles. The molecule has 0 bridgehead atoms. The first kappa shape index (κ1) is 13.0. The monoisotopic (exact) mass is 186 g/mol. The van der Waals surface area contributed by atoms with Crippen molar-refractivity contribution in [3.63, 3.8) is 0 Å². The second-order valence-corrected chi connectivity index (χ2v) is 5.09. The second-order valence-electron chi connectivity index (χ2n) is 5.09. The maximum atomic E-state index is 9.22. The standard InChI is InChI=1S/C12H26O/c1-5-6-7-8-9-11(10-13)12(2,3)4/h11,13H,5-10H2,1-4H3. The summed E-state index contributed by atoms with van der Waals surface area (Å²) in [6.45, 7) is 9.22. The molecule has 1 heteroatoms. The molecule has 0 fully saturated rings. The van der Waals surface area contributed by atoms with Crippen LogP contribution < -0.4 is 0 Å². The molecular weight excluding hydrogens is 160 g/mol. The van der Waals surface area contributed by atoms with Crippen molar-refractivity contribution >= 4 is 0 Å². The van der Waals surface area contributed by atoms with Crippen molar-refractivity contribution in [3.8, 4) is 0 Å². The minimum atomic E-state index is 0.265. The Hall–Kier alpha value is -0.0400. The number of hydrogen-bond acceptors (Lipinski definition) is 1. The number of unbranched alkanes of at least 4 members (excludes halogenated alkanes) is 3. The summed E-state index contributed by atoms with van der Waals surface area (Å²) >= 11 is 0. The van der Waals surface area contributed by atoms with Crippen LogP contribution in [0.4, 0.5) is 0 Å². The number of aliphatic hydroxyl groups excluding tert-OH is 1. The highest BCUT2D eigenvalue weighted by atomic mass is 16.3. The molecule has 1 atom stereocenters. The predicted molar refractivity (Wildman–Crippen MR) is 58.8 cm³/mol. The smallest absolute Gasteiger partial charge is 0.0464 e. The van der Waals surface area contributed by atoms with E-state index in [2.05, 4.69) is 27.7 Å². The van der Waals surface area contributed by atoms with Gasteiger partial charge in [0, 0.05) is 6.61 Å². The van der Waals surface area contributed by atoms with Gasteiger partial charge in [-0.15, -0.1) is 0 Å². The van der Waals surface area contributed by atoms with Crippen LogP contribution in [-0.2, 0) is 0 Å². The highest BCUT2D eigenvalue weighted by molar-refractivity contribution is 4.72. The lowest BCUT2D eigenvalue weighted by Gasteiger charge is -2.29. The van der Waals surface area contributed by atoms with Crippen LogP contribution in [-0.4, -0.2) is 11.7 Å². The molecule has 0 aromatic carbocycles. The fourth-order valence-corrected chi connectivity index (χ4v) is 1.62. The van der Waals surface area contributed by atoms with E-state index in [9.17, 15) is 5.11 Å². The van der Waals surface area contributed by atoms with Gasteiger partial charge in [-0.1, -0.05) is 53.4 Å². The Morgan fingerprint density at radius 2 is 1.69 bits per heavy atom. The van der Waals surface area contributed by atoms with E-state index in [1.807, 2.05) is 0 Å². The van der Waals surface area contributed by atoms with Crippen LogP contribution >= 0.6 is 0 Å². The third kappa shape index (κ3) is 6.09. The maximum Gasteiger partial charge on any atom is 0.0464 e. The Balaban J connectivity index is 3.61. The van der Waals surface area contributed by atoms with E-state index in [-0.39, 0.29) is 5.41 Å². The first-order valence-corrected chi connectivity index (χ1v) is 5.63. The Morgan fingerprint density at radius 1 is 1.08 bits per heavy atom. The van der Waals surface area contributed by atoms with E-state index in [0.29, 0.717) is 12.5 Å². The summed E-state index contributed by atoms with van der Waals surface area (Å²) in [5.41, 5.74) is 0.265. The Bertz CT molecular complexity index is 113. The number of rotatable bonds is 6. The van der Waals surface area contributed by atoms with Crippen molar-refractivity contribution in [1.82, 2.24) is 0 Å². The number of aliphatic hydroxyl groups is 1. The van der Waals surface area contributed by atoms with Crippen molar-refractivity contribution in [2.24, 2.45) is 11.3 Å². The fourth-order valence-electron chi connectivity index (χ4n) is 1.62. The molecule has 0 aromatic rings. The van der Waals surface area contributed by atoms with Crippen LogP contribution in [0.3, 0.4) is 0 Å². The van der Waals surface area contributed by atoms with Crippen molar-refractivity contribution < 1.29 is 5.11 Å². The van der Waals surface area contributed by atoms with Crippen LogP contribution in [0.15, 0.2) is 0 Å². The van der Waals surface area contributed by atoms with Gasteiger partial charge < -0.3 is 5.11 Å². The summed E-state index contributed by atoms with van der Waals surface area (Å²) in [4.78, 5) is 0. The molecule has 1 nitrogen and oxygen atoms in total. The van der Waals surface area contributed by atoms with Crippen LogP contribution in [0.25, 0.3) is 0 Å². The average molecular weight is 186 g/mol. The van der Waals surface area contributed by atoms with Crippen molar-refractivity contribution in [3.05, 3.63) is 0 Å². The molecule has 0 aromatic heterocycles. The highest BCUT2D eigenvalue weighted by Gasteiger charge is 2.22. The summed E-state index contributed by atoms with van der Waals surface area (Å²) in [5.74, 6) is 0.476. The lowest BCUT2D eigenvalue weighted by Crippen LogP contribution is -2.23.